The molecule has 3 heterocycles. The number of hydrogen-bond acceptors (Lipinski definition) is 5. The minimum Gasteiger partial charge on any atom is -0.486 e. The summed E-state index contributed by atoms with van der Waals surface area (Å²) in [6.07, 6.45) is 6.05. The standard InChI is InChI=1S/C17H15N3O4/c21-17(12-5-6-22-10-12)19-13-7-18-20(8-13)9-14-11-23-15-3-1-2-4-16(15)24-14/h1-8,10,14H,9,11H2,(H,19,21). The van der Waals surface area contributed by atoms with Crippen molar-refractivity contribution in [3.05, 3.63) is 60.8 Å². The summed E-state index contributed by atoms with van der Waals surface area (Å²) in [6.45, 7) is 0.976. The van der Waals surface area contributed by atoms with E-state index < -0.39 is 0 Å². The van der Waals surface area contributed by atoms with E-state index in [2.05, 4.69) is 10.4 Å². The van der Waals surface area contributed by atoms with Gasteiger partial charge in [-0.1, -0.05) is 12.1 Å². The molecule has 1 unspecified atom stereocenters. The van der Waals surface area contributed by atoms with Crippen LogP contribution in [0.15, 0.2) is 59.7 Å². The van der Waals surface area contributed by atoms with E-state index in [-0.39, 0.29) is 12.0 Å². The van der Waals surface area contributed by atoms with Crippen molar-refractivity contribution in [2.24, 2.45) is 0 Å². The fourth-order valence-corrected chi connectivity index (χ4v) is 2.49. The van der Waals surface area contributed by atoms with Crippen molar-refractivity contribution in [1.29, 1.82) is 0 Å². The lowest BCUT2D eigenvalue weighted by molar-refractivity contribution is 0.0759. The Hall–Kier alpha value is -3.22. The third-order valence-corrected chi connectivity index (χ3v) is 3.63. The summed E-state index contributed by atoms with van der Waals surface area (Å²) in [5, 5.41) is 7.01. The summed E-state index contributed by atoms with van der Waals surface area (Å²) in [6, 6.07) is 9.17. The quantitative estimate of drug-likeness (QED) is 0.797. The zero-order chi connectivity index (χ0) is 16.4. The number of para-hydroxylation sites is 2. The van der Waals surface area contributed by atoms with Gasteiger partial charge < -0.3 is 19.2 Å². The Morgan fingerprint density at radius 2 is 2.17 bits per heavy atom. The summed E-state index contributed by atoms with van der Waals surface area (Å²) in [5.41, 5.74) is 1.07. The molecule has 0 radical (unpaired) electrons. The molecule has 2 aromatic heterocycles. The second-order valence-corrected chi connectivity index (χ2v) is 5.41. The molecule has 0 fully saturated rings. The van der Waals surface area contributed by atoms with Gasteiger partial charge in [0.2, 0.25) is 0 Å². The highest BCUT2D eigenvalue weighted by Crippen LogP contribution is 2.31. The lowest BCUT2D eigenvalue weighted by atomic mass is 10.2. The molecule has 4 rings (SSSR count). The van der Waals surface area contributed by atoms with Crippen molar-refractivity contribution >= 4 is 11.6 Å². The number of aromatic nitrogens is 2. The van der Waals surface area contributed by atoms with Crippen LogP contribution in [0.2, 0.25) is 0 Å². The molecule has 1 amide bonds. The highest BCUT2D eigenvalue weighted by molar-refractivity contribution is 6.03. The number of nitrogens with zero attached hydrogens (tertiary/aromatic N) is 2. The number of furan rings is 1. The van der Waals surface area contributed by atoms with Crippen LogP contribution in [0, 0.1) is 0 Å². The van der Waals surface area contributed by atoms with Crippen molar-refractivity contribution in [3.8, 4) is 11.5 Å². The zero-order valence-electron chi connectivity index (χ0n) is 12.7. The molecule has 24 heavy (non-hydrogen) atoms. The number of nitrogens with one attached hydrogen (secondary N) is 1. The number of benzene rings is 1. The van der Waals surface area contributed by atoms with Crippen LogP contribution in [0.1, 0.15) is 10.4 Å². The molecule has 3 aromatic rings. The van der Waals surface area contributed by atoms with E-state index in [4.69, 9.17) is 13.9 Å². The van der Waals surface area contributed by atoms with Crippen LogP contribution in [0.4, 0.5) is 5.69 Å². The molecule has 0 bridgehead atoms. The Balaban J connectivity index is 1.38. The van der Waals surface area contributed by atoms with Gasteiger partial charge >= 0.3 is 0 Å². The molecule has 0 spiro atoms. The van der Waals surface area contributed by atoms with E-state index in [0.29, 0.717) is 24.4 Å². The van der Waals surface area contributed by atoms with E-state index in [1.807, 2.05) is 24.3 Å². The van der Waals surface area contributed by atoms with Gasteiger partial charge in [0.1, 0.15) is 12.9 Å². The maximum Gasteiger partial charge on any atom is 0.259 e. The van der Waals surface area contributed by atoms with Crippen molar-refractivity contribution in [3.63, 3.8) is 0 Å². The second kappa shape index (κ2) is 6.11. The minimum atomic E-state index is -0.241. The molecule has 1 aliphatic heterocycles. The largest absolute Gasteiger partial charge is 0.486 e. The molecule has 122 valence electrons. The third-order valence-electron chi connectivity index (χ3n) is 3.63. The molecule has 1 N–H and O–H groups in total. The highest BCUT2D eigenvalue weighted by atomic mass is 16.6. The van der Waals surface area contributed by atoms with E-state index in [9.17, 15) is 4.79 Å². The summed E-state index contributed by atoms with van der Waals surface area (Å²) in [4.78, 5) is 12.0. The number of ether oxygens (including phenoxy) is 2. The van der Waals surface area contributed by atoms with Gasteiger partial charge in [-0.25, -0.2) is 0 Å². The van der Waals surface area contributed by atoms with Crippen molar-refractivity contribution in [1.82, 2.24) is 9.78 Å². The average molecular weight is 325 g/mol. The molecule has 0 saturated heterocycles. The summed E-state index contributed by atoms with van der Waals surface area (Å²) < 4.78 is 18.2. The number of amides is 1. The fraction of sp³-hybridized carbons (Fsp3) is 0.176. The molecule has 7 heteroatoms. The second-order valence-electron chi connectivity index (χ2n) is 5.41. The normalized spacial score (nSPS) is 15.9. The first kappa shape index (κ1) is 14.4. The van der Waals surface area contributed by atoms with Gasteiger partial charge in [0.15, 0.2) is 17.6 Å². The van der Waals surface area contributed by atoms with Gasteiger partial charge in [0.25, 0.3) is 5.91 Å². The fourth-order valence-electron chi connectivity index (χ4n) is 2.49. The van der Waals surface area contributed by atoms with E-state index in [1.54, 1.807) is 23.1 Å². The maximum absolute atomic E-state index is 12.0. The van der Waals surface area contributed by atoms with Crippen molar-refractivity contribution < 1.29 is 18.7 Å². The zero-order valence-corrected chi connectivity index (χ0v) is 12.7. The van der Waals surface area contributed by atoms with Gasteiger partial charge in [-0.2, -0.15) is 5.10 Å². The molecular weight excluding hydrogens is 310 g/mol. The molecule has 7 nitrogen and oxygen atoms in total. The smallest absolute Gasteiger partial charge is 0.259 e. The van der Waals surface area contributed by atoms with Gasteiger partial charge in [-0.05, 0) is 18.2 Å². The van der Waals surface area contributed by atoms with E-state index in [0.717, 1.165) is 11.5 Å². The Morgan fingerprint density at radius 1 is 1.29 bits per heavy atom. The number of fused-ring (bicyclic) bond motifs is 1. The Morgan fingerprint density at radius 3 is 3.00 bits per heavy atom. The Bertz CT molecular complexity index is 841. The van der Waals surface area contributed by atoms with Gasteiger partial charge in [-0.15, -0.1) is 0 Å². The number of carbonyl (C=O) groups excluding carboxylic acids is 1. The molecule has 1 aliphatic rings. The topological polar surface area (TPSA) is 78.5 Å². The first-order chi connectivity index (χ1) is 11.8. The highest BCUT2D eigenvalue weighted by Gasteiger charge is 2.21. The monoisotopic (exact) mass is 325 g/mol. The summed E-state index contributed by atoms with van der Waals surface area (Å²) in [7, 11) is 0. The third kappa shape index (κ3) is 2.96. The first-order valence-electron chi connectivity index (χ1n) is 7.52. The maximum atomic E-state index is 12.0. The summed E-state index contributed by atoms with van der Waals surface area (Å²) >= 11 is 0. The van der Waals surface area contributed by atoms with Gasteiger partial charge in [0.05, 0.1) is 30.3 Å². The van der Waals surface area contributed by atoms with Crippen LogP contribution in [0.5, 0.6) is 11.5 Å². The molecule has 0 saturated carbocycles. The lowest BCUT2D eigenvalue weighted by Crippen LogP contribution is -2.33. The number of anilines is 1. The Labute approximate surface area is 137 Å². The Kier molecular flexibility index (Phi) is 3.66. The van der Waals surface area contributed by atoms with E-state index in [1.165, 1.54) is 12.5 Å². The average Bonchev–Trinajstić information content (AvgIpc) is 3.27. The number of hydrogen-bond donors (Lipinski definition) is 1. The summed E-state index contributed by atoms with van der Waals surface area (Å²) in [5.74, 6) is 1.24. The van der Waals surface area contributed by atoms with Crippen LogP contribution in [-0.4, -0.2) is 28.4 Å². The number of carbonyl (C=O) groups is 1. The van der Waals surface area contributed by atoms with Crippen LogP contribution in [0.3, 0.4) is 0 Å². The van der Waals surface area contributed by atoms with Crippen LogP contribution in [0.25, 0.3) is 0 Å². The van der Waals surface area contributed by atoms with Crippen LogP contribution in [-0.2, 0) is 6.54 Å². The van der Waals surface area contributed by atoms with E-state index >= 15 is 0 Å². The molecule has 1 atom stereocenters. The van der Waals surface area contributed by atoms with Crippen LogP contribution < -0.4 is 14.8 Å². The first-order valence-corrected chi connectivity index (χ1v) is 7.52. The predicted octanol–water partition coefficient (Wildman–Crippen LogP) is 2.57. The van der Waals surface area contributed by atoms with Crippen molar-refractivity contribution in [2.45, 2.75) is 12.6 Å². The van der Waals surface area contributed by atoms with Gasteiger partial charge in [0, 0.05) is 6.20 Å². The predicted molar refractivity (Wildman–Crippen MR) is 85.2 cm³/mol. The molecular formula is C17H15N3O4. The molecule has 1 aromatic carbocycles. The molecule has 0 aliphatic carbocycles. The van der Waals surface area contributed by atoms with Crippen molar-refractivity contribution in [2.75, 3.05) is 11.9 Å². The van der Waals surface area contributed by atoms with Gasteiger partial charge in [-0.3, -0.25) is 9.48 Å². The minimum absolute atomic E-state index is 0.141. The SMILES string of the molecule is O=C(Nc1cnn(CC2COc3ccccc3O2)c1)c1ccoc1. The number of rotatable bonds is 4. The van der Waals surface area contributed by atoms with Crippen LogP contribution >= 0.6 is 0 Å². The lowest BCUT2D eigenvalue weighted by Gasteiger charge is -2.26.